The number of nitrogens with one attached hydrogen (secondary N) is 1. The molecule has 0 saturated heterocycles. The quantitative estimate of drug-likeness (QED) is 0.318. The SMILES string of the molecule is C[C@@H](CO)CCn1c(C(=O)NCc2cc(Cl)cc(Cl)c2)c(-c2ccc(F)cc2)c2cccnc2c1=O. The number of aromatic nitrogens is 2. The second kappa shape index (κ2) is 11.2. The Hall–Kier alpha value is -3.26. The maximum absolute atomic E-state index is 13.7. The number of hydrogen-bond donors (Lipinski definition) is 2. The lowest BCUT2D eigenvalue weighted by molar-refractivity contribution is 0.0940. The molecule has 1 atom stereocenters. The molecule has 9 heteroatoms. The number of carbonyl (C=O) groups excluding carboxylic acids is 1. The van der Waals surface area contributed by atoms with Crippen molar-refractivity contribution in [1.82, 2.24) is 14.9 Å². The van der Waals surface area contributed by atoms with Crippen LogP contribution in [-0.2, 0) is 13.1 Å². The molecule has 0 unspecified atom stereocenters. The van der Waals surface area contributed by atoms with Crippen LogP contribution in [0.2, 0.25) is 10.0 Å². The summed E-state index contributed by atoms with van der Waals surface area (Å²) in [4.78, 5) is 31.5. The minimum absolute atomic E-state index is 0.0531. The smallest absolute Gasteiger partial charge is 0.277 e. The second-order valence-electron chi connectivity index (χ2n) is 8.62. The van der Waals surface area contributed by atoms with E-state index in [9.17, 15) is 19.1 Å². The van der Waals surface area contributed by atoms with Gasteiger partial charge in [-0.05, 0) is 59.9 Å². The first-order valence-electron chi connectivity index (χ1n) is 11.4. The third kappa shape index (κ3) is 5.59. The van der Waals surface area contributed by atoms with Crippen LogP contribution in [0.3, 0.4) is 0 Å². The van der Waals surface area contributed by atoms with Crippen molar-refractivity contribution in [2.45, 2.75) is 26.4 Å². The number of aliphatic hydroxyl groups is 1. The van der Waals surface area contributed by atoms with Crippen molar-refractivity contribution in [1.29, 1.82) is 0 Å². The van der Waals surface area contributed by atoms with Gasteiger partial charge in [0.15, 0.2) is 0 Å². The normalized spacial score (nSPS) is 12.0. The van der Waals surface area contributed by atoms with E-state index in [1.165, 1.54) is 22.9 Å². The standard InChI is InChI=1S/C27H24Cl2FN3O3/c1-16(15-34)8-10-33-25(26(35)32-14-17-11-19(28)13-20(29)12-17)23(18-4-6-21(30)7-5-18)22-3-2-9-31-24(22)27(33)36/h2-7,9,11-13,16,34H,8,10,14-15H2,1H3,(H,32,35)/t16-/m1/s1. The summed E-state index contributed by atoms with van der Waals surface area (Å²) < 4.78 is 15.1. The Morgan fingerprint density at radius 2 is 1.83 bits per heavy atom. The minimum Gasteiger partial charge on any atom is -0.396 e. The Kier molecular flexibility index (Phi) is 8.04. The zero-order valence-electron chi connectivity index (χ0n) is 19.5. The molecule has 0 fully saturated rings. The van der Waals surface area contributed by atoms with Gasteiger partial charge in [0.05, 0.1) is 0 Å². The molecule has 0 spiro atoms. The number of nitrogens with zero attached hydrogens (tertiary/aromatic N) is 2. The van der Waals surface area contributed by atoms with Gasteiger partial charge in [0.25, 0.3) is 11.5 Å². The molecule has 1 amide bonds. The van der Waals surface area contributed by atoms with Crippen molar-refractivity contribution in [2.24, 2.45) is 5.92 Å². The van der Waals surface area contributed by atoms with Crippen LogP contribution in [0.5, 0.6) is 0 Å². The first-order valence-corrected chi connectivity index (χ1v) is 12.2. The third-order valence-corrected chi connectivity index (χ3v) is 6.35. The van der Waals surface area contributed by atoms with E-state index >= 15 is 0 Å². The highest BCUT2D eigenvalue weighted by Crippen LogP contribution is 2.31. The van der Waals surface area contributed by atoms with E-state index in [0.717, 1.165) is 0 Å². The number of hydrogen-bond acceptors (Lipinski definition) is 4. The van der Waals surface area contributed by atoms with Gasteiger partial charge in [-0.1, -0.05) is 48.3 Å². The van der Waals surface area contributed by atoms with Gasteiger partial charge in [-0.2, -0.15) is 0 Å². The first kappa shape index (κ1) is 25.8. The van der Waals surface area contributed by atoms with Crippen molar-refractivity contribution in [2.75, 3.05) is 6.61 Å². The summed E-state index contributed by atoms with van der Waals surface area (Å²) in [5.41, 5.74) is 1.63. The molecule has 0 radical (unpaired) electrons. The van der Waals surface area contributed by atoms with Gasteiger partial charge in [-0.15, -0.1) is 0 Å². The van der Waals surface area contributed by atoms with Crippen molar-refractivity contribution >= 4 is 40.0 Å². The molecule has 36 heavy (non-hydrogen) atoms. The molecular weight excluding hydrogens is 504 g/mol. The number of rotatable bonds is 8. The summed E-state index contributed by atoms with van der Waals surface area (Å²) >= 11 is 12.2. The Morgan fingerprint density at radius 1 is 1.14 bits per heavy atom. The van der Waals surface area contributed by atoms with Gasteiger partial charge in [0, 0.05) is 46.9 Å². The zero-order valence-corrected chi connectivity index (χ0v) is 21.0. The summed E-state index contributed by atoms with van der Waals surface area (Å²) in [7, 11) is 0. The Morgan fingerprint density at radius 3 is 2.50 bits per heavy atom. The summed E-state index contributed by atoms with van der Waals surface area (Å²) in [6.07, 6.45) is 1.98. The van der Waals surface area contributed by atoms with Crippen molar-refractivity contribution in [3.05, 3.63) is 98.3 Å². The van der Waals surface area contributed by atoms with E-state index < -0.39 is 17.3 Å². The number of carbonyl (C=O) groups is 1. The number of benzene rings is 2. The average Bonchev–Trinajstić information content (AvgIpc) is 2.86. The van der Waals surface area contributed by atoms with E-state index in [4.69, 9.17) is 23.2 Å². The van der Waals surface area contributed by atoms with Crippen LogP contribution in [0.1, 0.15) is 29.4 Å². The highest BCUT2D eigenvalue weighted by atomic mass is 35.5. The first-order chi connectivity index (χ1) is 17.3. The Bertz CT molecular complexity index is 1450. The molecule has 6 nitrogen and oxygen atoms in total. The predicted octanol–water partition coefficient (Wildman–Crippen LogP) is 5.46. The van der Waals surface area contributed by atoms with E-state index in [2.05, 4.69) is 10.3 Å². The lowest BCUT2D eigenvalue weighted by Crippen LogP contribution is -2.34. The van der Waals surface area contributed by atoms with Gasteiger partial charge in [-0.25, -0.2) is 4.39 Å². The molecule has 2 aromatic heterocycles. The molecule has 0 aliphatic heterocycles. The van der Waals surface area contributed by atoms with Crippen LogP contribution in [-0.4, -0.2) is 27.2 Å². The molecule has 186 valence electrons. The van der Waals surface area contributed by atoms with E-state index in [1.54, 1.807) is 42.5 Å². The van der Waals surface area contributed by atoms with Crippen LogP contribution in [0.4, 0.5) is 4.39 Å². The topological polar surface area (TPSA) is 84.2 Å². The fraction of sp³-hybridized carbons (Fsp3) is 0.222. The van der Waals surface area contributed by atoms with Gasteiger partial charge in [0.1, 0.15) is 17.0 Å². The number of pyridine rings is 2. The molecule has 4 aromatic rings. The molecule has 2 N–H and O–H groups in total. The van der Waals surface area contributed by atoms with Crippen LogP contribution in [0, 0.1) is 11.7 Å². The molecule has 0 aliphatic rings. The van der Waals surface area contributed by atoms with Gasteiger partial charge >= 0.3 is 0 Å². The minimum atomic E-state index is -0.495. The monoisotopic (exact) mass is 527 g/mol. The molecule has 0 bridgehead atoms. The van der Waals surface area contributed by atoms with Crippen molar-refractivity contribution < 1.29 is 14.3 Å². The molecule has 2 aromatic carbocycles. The average molecular weight is 528 g/mol. The van der Waals surface area contributed by atoms with Gasteiger partial charge < -0.3 is 15.0 Å². The summed E-state index contributed by atoms with van der Waals surface area (Å²) in [6, 6.07) is 14.1. The highest BCUT2D eigenvalue weighted by Gasteiger charge is 2.24. The number of aliphatic hydroxyl groups excluding tert-OH is 1. The Labute approximate surface area is 217 Å². The van der Waals surface area contributed by atoms with Crippen LogP contribution in [0.25, 0.3) is 22.0 Å². The number of fused-ring (bicyclic) bond motifs is 1. The molecular formula is C27H24Cl2FN3O3. The fourth-order valence-electron chi connectivity index (χ4n) is 4.05. The van der Waals surface area contributed by atoms with Crippen molar-refractivity contribution in [3.8, 4) is 11.1 Å². The molecule has 0 aliphatic carbocycles. The van der Waals surface area contributed by atoms with Gasteiger partial charge in [0.2, 0.25) is 0 Å². The predicted molar refractivity (Wildman–Crippen MR) is 140 cm³/mol. The van der Waals surface area contributed by atoms with E-state index in [-0.39, 0.29) is 36.8 Å². The maximum atomic E-state index is 13.7. The highest BCUT2D eigenvalue weighted by molar-refractivity contribution is 6.34. The summed E-state index contributed by atoms with van der Waals surface area (Å²) in [5.74, 6) is -1.00. The van der Waals surface area contributed by atoms with Crippen LogP contribution < -0.4 is 10.9 Å². The van der Waals surface area contributed by atoms with Gasteiger partial charge in [-0.3, -0.25) is 14.6 Å². The zero-order chi connectivity index (χ0) is 25.8. The number of amides is 1. The van der Waals surface area contributed by atoms with Crippen molar-refractivity contribution in [3.63, 3.8) is 0 Å². The molecule has 4 rings (SSSR count). The molecule has 0 saturated carbocycles. The van der Waals surface area contributed by atoms with Crippen LogP contribution >= 0.6 is 23.2 Å². The van der Waals surface area contributed by atoms with E-state index in [0.29, 0.717) is 38.5 Å². The maximum Gasteiger partial charge on any atom is 0.277 e. The summed E-state index contributed by atoms with van der Waals surface area (Å²) in [6.45, 7) is 2.11. The van der Waals surface area contributed by atoms with E-state index in [1.807, 2.05) is 6.92 Å². The Balaban J connectivity index is 1.89. The van der Waals surface area contributed by atoms with Crippen LogP contribution in [0.15, 0.2) is 65.6 Å². The third-order valence-electron chi connectivity index (χ3n) is 5.91. The fourth-order valence-corrected chi connectivity index (χ4v) is 4.62. The molecule has 2 heterocycles. The largest absolute Gasteiger partial charge is 0.396 e. The lowest BCUT2D eigenvalue weighted by Gasteiger charge is -2.20. The number of halogens is 3. The summed E-state index contributed by atoms with van der Waals surface area (Å²) in [5, 5.41) is 13.7. The second-order valence-corrected chi connectivity index (χ2v) is 9.50. The lowest BCUT2D eigenvalue weighted by atomic mass is 9.97.